The van der Waals surface area contributed by atoms with Crippen LogP contribution >= 0.6 is 0 Å². The van der Waals surface area contributed by atoms with E-state index in [1.165, 1.54) is 11.1 Å². The van der Waals surface area contributed by atoms with Gasteiger partial charge in [0.25, 0.3) is 0 Å². The molecule has 0 aliphatic rings. The third-order valence-corrected chi connectivity index (χ3v) is 3.10. The number of hydrogen-bond acceptors (Lipinski definition) is 3. The van der Waals surface area contributed by atoms with Crippen LogP contribution in [0.4, 0.5) is 0 Å². The van der Waals surface area contributed by atoms with Gasteiger partial charge in [-0.05, 0) is 43.1 Å². The van der Waals surface area contributed by atoms with Gasteiger partial charge in [-0.25, -0.2) is 0 Å². The molecule has 1 atom stereocenters. The zero-order chi connectivity index (χ0) is 13.0. The summed E-state index contributed by atoms with van der Waals surface area (Å²) in [7, 11) is 1.96. The van der Waals surface area contributed by atoms with E-state index < -0.39 is 0 Å². The van der Waals surface area contributed by atoms with Crippen molar-refractivity contribution >= 4 is 0 Å². The van der Waals surface area contributed by atoms with Crippen LogP contribution in [0.2, 0.25) is 0 Å². The van der Waals surface area contributed by atoms with Gasteiger partial charge in [0, 0.05) is 18.6 Å². The van der Waals surface area contributed by atoms with Crippen molar-refractivity contribution in [3.05, 3.63) is 59.2 Å². The largest absolute Gasteiger partial charge is 0.308 e. The second-order valence-electron chi connectivity index (χ2n) is 4.42. The summed E-state index contributed by atoms with van der Waals surface area (Å²) in [6.07, 6.45) is 6.61. The van der Waals surface area contributed by atoms with E-state index in [0.29, 0.717) is 0 Å². The average molecular weight is 241 g/mol. The van der Waals surface area contributed by atoms with Crippen LogP contribution < -0.4 is 5.32 Å². The molecule has 0 spiro atoms. The van der Waals surface area contributed by atoms with Gasteiger partial charge >= 0.3 is 0 Å². The lowest BCUT2D eigenvalue weighted by atomic mass is 9.99. The standard InChI is InChI=1S/C15H19N3/c1-4-12-6-5-7-18-15(12)14(16-3)13-8-11(2)9-17-10-13/h5-10,14,16H,4H2,1-3H3. The Balaban J connectivity index is 2.45. The van der Waals surface area contributed by atoms with Gasteiger partial charge in [-0.3, -0.25) is 9.97 Å². The molecule has 2 aromatic rings. The molecule has 0 fully saturated rings. The van der Waals surface area contributed by atoms with Crippen molar-refractivity contribution in [1.29, 1.82) is 0 Å². The number of hydrogen-bond donors (Lipinski definition) is 1. The van der Waals surface area contributed by atoms with Crippen molar-refractivity contribution in [2.45, 2.75) is 26.3 Å². The van der Waals surface area contributed by atoms with E-state index >= 15 is 0 Å². The molecule has 1 N–H and O–H groups in total. The van der Waals surface area contributed by atoms with Crippen LogP contribution in [0.25, 0.3) is 0 Å². The van der Waals surface area contributed by atoms with E-state index in [2.05, 4.69) is 41.3 Å². The molecule has 2 aromatic heterocycles. The predicted molar refractivity (Wildman–Crippen MR) is 73.5 cm³/mol. The molecular formula is C15H19N3. The van der Waals surface area contributed by atoms with Crippen LogP contribution in [0, 0.1) is 6.92 Å². The lowest BCUT2D eigenvalue weighted by molar-refractivity contribution is 0.659. The van der Waals surface area contributed by atoms with Gasteiger partial charge in [-0.1, -0.05) is 19.1 Å². The maximum atomic E-state index is 4.54. The van der Waals surface area contributed by atoms with Crippen molar-refractivity contribution in [2.75, 3.05) is 7.05 Å². The number of aromatic nitrogens is 2. The van der Waals surface area contributed by atoms with E-state index in [1.807, 2.05) is 31.7 Å². The highest BCUT2D eigenvalue weighted by Gasteiger charge is 2.16. The highest BCUT2D eigenvalue weighted by molar-refractivity contribution is 5.32. The van der Waals surface area contributed by atoms with E-state index in [1.54, 1.807) is 0 Å². The number of aryl methyl sites for hydroxylation is 2. The van der Waals surface area contributed by atoms with Gasteiger partial charge < -0.3 is 5.32 Å². The molecule has 18 heavy (non-hydrogen) atoms. The van der Waals surface area contributed by atoms with Crippen LogP contribution in [0.1, 0.15) is 35.3 Å². The minimum atomic E-state index is 0.105. The maximum Gasteiger partial charge on any atom is 0.0766 e. The number of pyridine rings is 2. The number of nitrogens with zero attached hydrogens (tertiary/aromatic N) is 2. The van der Waals surface area contributed by atoms with Crippen molar-refractivity contribution in [3.8, 4) is 0 Å². The van der Waals surface area contributed by atoms with E-state index in [4.69, 9.17) is 0 Å². The Labute approximate surface area is 108 Å². The molecule has 0 amide bonds. The molecule has 0 aliphatic heterocycles. The van der Waals surface area contributed by atoms with Gasteiger partial charge in [0.2, 0.25) is 0 Å². The molecule has 0 aliphatic carbocycles. The first-order chi connectivity index (χ1) is 8.76. The Kier molecular flexibility index (Phi) is 4.05. The van der Waals surface area contributed by atoms with Crippen LogP contribution in [-0.2, 0) is 6.42 Å². The highest BCUT2D eigenvalue weighted by atomic mass is 14.9. The molecular weight excluding hydrogens is 222 g/mol. The van der Waals surface area contributed by atoms with E-state index in [9.17, 15) is 0 Å². The molecule has 2 heterocycles. The van der Waals surface area contributed by atoms with Crippen molar-refractivity contribution in [3.63, 3.8) is 0 Å². The minimum absolute atomic E-state index is 0.105. The summed E-state index contributed by atoms with van der Waals surface area (Å²) >= 11 is 0. The summed E-state index contributed by atoms with van der Waals surface area (Å²) in [6, 6.07) is 6.38. The normalized spacial score (nSPS) is 12.4. The predicted octanol–water partition coefficient (Wildman–Crippen LogP) is 2.66. The Morgan fingerprint density at radius 1 is 1.33 bits per heavy atom. The third kappa shape index (κ3) is 2.57. The van der Waals surface area contributed by atoms with Crippen LogP contribution in [0.15, 0.2) is 36.8 Å². The van der Waals surface area contributed by atoms with Crippen LogP contribution in [0.5, 0.6) is 0 Å². The maximum absolute atomic E-state index is 4.54. The highest BCUT2D eigenvalue weighted by Crippen LogP contribution is 2.23. The van der Waals surface area contributed by atoms with Gasteiger partial charge in [0.05, 0.1) is 11.7 Å². The first kappa shape index (κ1) is 12.7. The molecule has 1 unspecified atom stereocenters. The second-order valence-corrected chi connectivity index (χ2v) is 4.42. The van der Waals surface area contributed by atoms with Gasteiger partial charge in [-0.2, -0.15) is 0 Å². The summed E-state index contributed by atoms with van der Waals surface area (Å²) in [5.74, 6) is 0. The summed E-state index contributed by atoms with van der Waals surface area (Å²) < 4.78 is 0. The fourth-order valence-corrected chi connectivity index (χ4v) is 2.21. The summed E-state index contributed by atoms with van der Waals surface area (Å²) in [5, 5.41) is 3.33. The average Bonchev–Trinajstić information content (AvgIpc) is 2.40. The smallest absolute Gasteiger partial charge is 0.0766 e. The van der Waals surface area contributed by atoms with Crippen molar-refractivity contribution in [2.24, 2.45) is 0 Å². The van der Waals surface area contributed by atoms with Gasteiger partial charge in [0.1, 0.15) is 0 Å². The molecule has 0 saturated carbocycles. The minimum Gasteiger partial charge on any atom is -0.308 e. The van der Waals surface area contributed by atoms with E-state index in [-0.39, 0.29) is 6.04 Å². The third-order valence-electron chi connectivity index (χ3n) is 3.10. The zero-order valence-corrected chi connectivity index (χ0v) is 11.1. The Hall–Kier alpha value is -1.74. The van der Waals surface area contributed by atoms with Gasteiger partial charge in [0.15, 0.2) is 0 Å². The zero-order valence-electron chi connectivity index (χ0n) is 11.1. The summed E-state index contributed by atoms with van der Waals surface area (Å²) in [5.41, 5.74) is 4.70. The monoisotopic (exact) mass is 241 g/mol. The van der Waals surface area contributed by atoms with Crippen LogP contribution in [-0.4, -0.2) is 17.0 Å². The molecule has 94 valence electrons. The number of nitrogens with one attached hydrogen (secondary N) is 1. The lowest BCUT2D eigenvalue weighted by Gasteiger charge is -2.18. The van der Waals surface area contributed by atoms with E-state index in [0.717, 1.165) is 17.7 Å². The molecule has 3 nitrogen and oxygen atoms in total. The van der Waals surface area contributed by atoms with Crippen LogP contribution in [0.3, 0.4) is 0 Å². The molecule has 0 radical (unpaired) electrons. The van der Waals surface area contributed by atoms with Crippen molar-refractivity contribution in [1.82, 2.24) is 15.3 Å². The molecule has 0 aromatic carbocycles. The first-order valence-corrected chi connectivity index (χ1v) is 6.28. The first-order valence-electron chi connectivity index (χ1n) is 6.28. The quantitative estimate of drug-likeness (QED) is 0.894. The topological polar surface area (TPSA) is 37.8 Å². The second kappa shape index (κ2) is 5.74. The van der Waals surface area contributed by atoms with Gasteiger partial charge in [-0.15, -0.1) is 0 Å². The summed E-state index contributed by atoms with van der Waals surface area (Å²) in [4.78, 5) is 8.80. The lowest BCUT2D eigenvalue weighted by Crippen LogP contribution is -2.20. The number of rotatable bonds is 4. The Bertz CT molecular complexity index is 523. The molecule has 3 heteroatoms. The molecule has 2 rings (SSSR count). The molecule has 0 bridgehead atoms. The Morgan fingerprint density at radius 2 is 2.17 bits per heavy atom. The summed E-state index contributed by atoms with van der Waals surface area (Å²) in [6.45, 7) is 4.21. The Morgan fingerprint density at radius 3 is 2.83 bits per heavy atom. The molecule has 0 saturated heterocycles. The fourth-order valence-electron chi connectivity index (χ4n) is 2.21. The fraction of sp³-hybridized carbons (Fsp3) is 0.333. The SMILES string of the molecule is CCc1cccnc1C(NC)c1cncc(C)c1. The van der Waals surface area contributed by atoms with Crippen molar-refractivity contribution < 1.29 is 0 Å².